The number of nitrogens with zero attached hydrogens (tertiary/aromatic N) is 3. The van der Waals surface area contributed by atoms with Crippen LogP contribution >= 0.6 is 0 Å². The largest absolute Gasteiger partial charge is 0.477 e. The van der Waals surface area contributed by atoms with Crippen LogP contribution in [0.25, 0.3) is 0 Å². The summed E-state index contributed by atoms with van der Waals surface area (Å²) in [6, 6.07) is 5.51. The van der Waals surface area contributed by atoms with Crippen LogP contribution in [0.5, 0.6) is 0 Å². The molecule has 0 bridgehead atoms. The molecular weight excluding hydrogens is 314 g/mol. The molecule has 1 fully saturated rings. The highest BCUT2D eigenvalue weighted by atomic mass is 16.5. The molecule has 8 nitrogen and oxygen atoms in total. The van der Waals surface area contributed by atoms with Crippen molar-refractivity contribution in [1.29, 1.82) is 0 Å². The summed E-state index contributed by atoms with van der Waals surface area (Å²) in [5.74, 6) is -2.21. The molecule has 0 spiro atoms. The van der Waals surface area contributed by atoms with Gasteiger partial charge in [-0.2, -0.15) is 9.78 Å². The number of ketones is 1. The third kappa shape index (κ3) is 3.09. The first-order chi connectivity index (χ1) is 11.6. The summed E-state index contributed by atoms with van der Waals surface area (Å²) in [6.45, 7) is 0.503. The lowest BCUT2D eigenvalue weighted by Crippen LogP contribution is -2.34. The number of hydrogen-bond donors (Lipinski definition) is 1. The number of hydrogen-bond acceptors (Lipinski definition) is 6. The molecule has 3 heterocycles. The minimum Gasteiger partial charge on any atom is -0.477 e. The summed E-state index contributed by atoms with van der Waals surface area (Å²) in [4.78, 5) is 39.9. The second kappa shape index (κ2) is 6.71. The van der Waals surface area contributed by atoms with Crippen LogP contribution in [0.15, 0.2) is 30.5 Å². The van der Waals surface area contributed by atoms with E-state index in [1.807, 2.05) is 0 Å². The van der Waals surface area contributed by atoms with E-state index in [0.717, 1.165) is 17.5 Å². The zero-order valence-corrected chi connectivity index (χ0v) is 12.7. The Balaban J connectivity index is 1.89. The fourth-order valence-electron chi connectivity index (χ4n) is 2.53. The monoisotopic (exact) mass is 329 g/mol. The van der Waals surface area contributed by atoms with E-state index in [1.54, 1.807) is 0 Å². The molecule has 1 aliphatic heterocycles. The summed E-state index contributed by atoms with van der Waals surface area (Å²) in [5.41, 5.74) is -0.271. The number of ether oxygens (including phenoxy) is 1. The van der Waals surface area contributed by atoms with Gasteiger partial charge in [0.25, 0.3) is 5.91 Å². The van der Waals surface area contributed by atoms with Crippen LogP contribution < -0.4 is 0 Å². The number of aromatic nitrogens is 3. The molecule has 0 saturated carbocycles. The summed E-state index contributed by atoms with van der Waals surface area (Å²) in [7, 11) is 0. The van der Waals surface area contributed by atoms with E-state index in [1.165, 1.54) is 30.5 Å². The van der Waals surface area contributed by atoms with E-state index in [-0.39, 0.29) is 17.1 Å². The molecule has 3 rings (SSSR count). The molecule has 24 heavy (non-hydrogen) atoms. The number of aromatic carboxylic acids is 1. The molecule has 0 radical (unpaired) electrons. The Morgan fingerprint density at radius 1 is 1.17 bits per heavy atom. The highest BCUT2D eigenvalue weighted by molar-refractivity contribution is 6.09. The van der Waals surface area contributed by atoms with Crippen molar-refractivity contribution in [3.63, 3.8) is 0 Å². The number of rotatable bonds is 4. The van der Waals surface area contributed by atoms with Crippen molar-refractivity contribution in [1.82, 2.24) is 14.8 Å². The van der Waals surface area contributed by atoms with Crippen LogP contribution in [0.3, 0.4) is 0 Å². The number of pyridine rings is 1. The van der Waals surface area contributed by atoms with Gasteiger partial charge in [0.1, 0.15) is 23.2 Å². The van der Waals surface area contributed by atoms with Crippen LogP contribution in [-0.2, 0) is 4.74 Å². The number of carbonyl (C=O) groups excluding carboxylic acids is 2. The Morgan fingerprint density at radius 3 is 2.67 bits per heavy atom. The van der Waals surface area contributed by atoms with Crippen LogP contribution in [0, 0.1) is 0 Å². The second-order valence-corrected chi connectivity index (χ2v) is 5.36. The van der Waals surface area contributed by atoms with Gasteiger partial charge in [0.2, 0.25) is 5.78 Å². The molecule has 2 aromatic rings. The van der Waals surface area contributed by atoms with Crippen molar-refractivity contribution in [2.24, 2.45) is 0 Å². The number of carboxylic acids is 1. The van der Waals surface area contributed by atoms with Gasteiger partial charge in [-0.1, -0.05) is 6.07 Å². The Bertz CT molecular complexity index is 793. The van der Waals surface area contributed by atoms with E-state index in [2.05, 4.69) is 10.1 Å². The van der Waals surface area contributed by atoms with Crippen molar-refractivity contribution in [3.05, 3.63) is 47.5 Å². The lowest BCUT2D eigenvalue weighted by atomic mass is 10.1. The average Bonchev–Trinajstić information content (AvgIpc) is 3.11. The summed E-state index contributed by atoms with van der Waals surface area (Å²) in [5, 5.41) is 12.9. The SMILES string of the molecule is O=C(O)c1cccc(C(=O)c2ccnn2C(=O)C2CCCCO2)n1. The van der Waals surface area contributed by atoms with Gasteiger partial charge < -0.3 is 9.84 Å². The maximum atomic E-state index is 12.6. The summed E-state index contributed by atoms with van der Waals surface area (Å²) >= 11 is 0. The van der Waals surface area contributed by atoms with Crippen molar-refractivity contribution in [2.75, 3.05) is 6.61 Å². The molecule has 2 aromatic heterocycles. The van der Waals surface area contributed by atoms with E-state index in [4.69, 9.17) is 9.84 Å². The molecular formula is C16H15N3O5. The Kier molecular flexibility index (Phi) is 4.48. The van der Waals surface area contributed by atoms with Crippen LogP contribution in [0.2, 0.25) is 0 Å². The van der Waals surface area contributed by atoms with Gasteiger partial charge in [-0.3, -0.25) is 9.59 Å². The van der Waals surface area contributed by atoms with Gasteiger partial charge in [-0.25, -0.2) is 9.78 Å². The third-order valence-corrected chi connectivity index (χ3v) is 3.74. The van der Waals surface area contributed by atoms with Crippen molar-refractivity contribution < 1.29 is 24.2 Å². The molecule has 0 amide bonds. The van der Waals surface area contributed by atoms with Gasteiger partial charge >= 0.3 is 5.97 Å². The lowest BCUT2D eigenvalue weighted by Gasteiger charge is -2.21. The van der Waals surface area contributed by atoms with E-state index >= 15 is 0 Å². The smallest absolute Gasteiger partial charge is 0.354 e. The van der Waals surface area contributed by atoms with E-state index in [9.17, 15) is 14.4 Å². The Hall–Kier alpha value is -2.87. The first-order valence-corrected chi connectivity index (χ1v) is 7.53. The predicted molar refractivity (Wildman–Crippen MR) is 81.1 cm³/mol. The molecule has 1 saturated heterocycles. The Morgan fingerprint density at radius 2 is 1.96 bits per heavy atom. The zero-order chi connectivity index (χ0) is 17.1. The van der Waals surface area contributed by atoms with E-state index < -0.39 is 23.8 Å². The van der Waals surface area contributed by atoms with Gasteiger partial charge in [0.05, 0.1) is 6.20 Å². The standard InChI is InChI=1S/C16H15N3O5/c20-14(10-4-3-5-11(18-10)16(22)23)12-7-8-17-19(12)15(21)13-6-1-2-9-24-13/h3-5,7-8,13H,1-2,6,9H2,(H,22,23). The molecule has 1 unspecified atom stereocenters. The molecule has 8 heteroatoms. The number of carboxylic acid groups (broad SMARTS) is 1. The molecule has 1 aliphatic rings. The van der Waals surface area contributed by atoms with Gasteiger partial charge in [0.15, 0.2) is 0 Å². The zero-order valence-electron chi connectivity index (χ0n) is 12.7. The summed E-state index contributed by atoms with van der Waals surface area (Å²) < 4.78 is 6.45. The predicted octanol–water partition coefficient (Wildman–Crippen LogP) is 1.42. The third-order valence-electron chi connectivity index (χ3n) is 3.74. The quantitative estimate of drug-likeness (QED) is 0.844. The highest BCUT2D eigenvalue weighted by Gasteiger charge is 2.28. The van der Waals surface area contributed by atoms with Crippen molar-refractivity contribution in [2.45, 2.75) is 25.4 Å². The minimum atomic E-state index is -1.23. The maximum Gasteiger partial charge on any atom is 0.354 e. The Labute approximate surface area is 137 Å². The topological polar surface area (TPSA) is 111 Å². The van der Waals surface area contributed by atoms with Crippen LogP contribution in [-0.4, -0.2) is 50.2 Å². The average molecular weight is 329 g/mol. The highest BCUT2D eigenvalue weighted by Crippen LogP contribution is 2.16. The van der Waals surface area contributed by atoms with Crippen LogP contribution in [0.1, 0.15) is 50.7 Å². The van der Waals surface area contributed by atoms with Gasteiger partial charge in [-0.05, 0) is 37.5 Å². The van der Waals surface area contributed by atoms with E-state index in [0.29, 0.717) is 13.0 Å². The molecule has 124 valence electrons. The van der Waals surface area contributed by atoms with Crippen molar-refractivity contribution in [3.8, 4) is 0 Å². The fourth-order valence-corrected chi connectivity index (χ4v) is 2.53. The molecule has 1 N–H and O–H groups in total. The number of carbonyl (C=O) groups is 3. The van der Waals surface area contributed by atoms with Crippen LogP contribution in [0.4, 0.5) is 0 Å². The van der Waals surface area contributed by atoms with Gasteiger partial charge in [0, 0.05) is 6.61 Å². The lowest BCUT2D eigenvalue weighted by molar-refractivity contribution is 0.0106. The molecule has 1 atom stereocenters. The van der Waals surface area contributed by atoms with Gasteiger partial charge in [-0.15, -0.1) is 0 Å². The van der Waals surface area contributed by atoms with Crippen molar-refractivity contribution >= 4 is 17.7 Å². The minimum absolute atomic E-state index is 0.0317. The molecule has 0 aromatic carbocycles. The maximum absolute atomic E-state index is 12.6. The second-order valence-electron chi connectivity index (χ2n) is 5.36. The first kappa shape index (κ1) is 16.0. The summed E-state index contributed by atoms with van der Waals surface area (Å²) in [6.07, 6.45) is 3.08. The fraction of sp³-hybridized carbons (Fsp3) is 0.312. The first-order valence-electron chi connectivity index (χ1n) is 7.53. The normalized spacial score (nSPS) is 17.4. The molecule has 0 aliphatic carbocycles.